The first-order valence-electron chi connectivity index (χ1n) is 10.9. The van der Waals surface area contributed by atoms with Crippen molar-refractivity contribution in [1.29, 1.82) is 0 Å². The third kappa shape index (κ3) is 3.71. The Morgan fingerprint density at radius 1 is 1.06 bits per heavy atom. The number of carboxylic acid groups (broad SMARTS) is 1. The smallest absolute Gasteiger partial charge is 0.337 e. The zero-order chi connectivity index (χ0) is 24.0. The van der Waals surface area contributed by atoms with Gasteiger partial charge in [-0.2, -0.15) is 9.78 Å². The molecule has 1 atom stereocenters. The van der Waals surface area contributed by atoms with E-state index in [-0.39, 0.29) is 17.0 Å². The molecule has 1 unspecified atom stereocenters. The van der Waals surface area contributed by atoms with E-state index >= 15 is 0 Å². The van der Waals surface area contributed by atoms with Crippen LogP contribution in [0.5, 0.6) is 0 Å². The number of carbonyl (C=O) groups is 1. The first kappa shape index (κ1) is 21.5. The van der Waals surface area contributed by atoms with Crippen LogP contribution in [0.1, 0.15) is 40.0 Å². The van der Waals surface area contributed by atoms with E-state index in [9.17, 15) is 14.7 Å². The van der Waals surface area contributed by atoms with Crippen LogP contribution in [-0.4, -0.2) is 20.9 Å². The molecule has 34 heavy (non-hydrogen) atoms. The van der Waals surface area contributed by atoms with Gasteiger partial charge >= 0.3 is 5.97 Å². The van der Waals surface area contributed by atoms with Gasteiger partial charge < -0.3 is 14.8 Å². The van der Waals surface area contributed by atoms with Gasteiger partial charge in [0.05, 0.1) is 28.7 Å². The summed E-state index contributed by atoms with van der Waals surface area (Å²) in [6.45, 7) is 5.83. The largest absolute Gasteiger partial charge is 0.478 e. The predicted molar refractivity (Wildman–Crippen MR) is 132 cm³/mol. The van der Waals surface area contributed by atoms with Crippen LogP contribution in [0.15, 0.2) is 76.1 Å². The lowest BCUT2D eigenvalue weighted by Gasteiger charge is -2.19. The molecule has 0 saturated carbocycles. The molecule has 7 heteroatoms. The molecule has 2 heterocycles. The third-order valence-corrected chi connectivity index (χ3v) is 5.92. The van der Waals surface area contributed by atoms with Crippen molar-refractivity contribution in [3.63, 3.8) is 0 Å². The topological polar surface area (TPSA) is 97.4 Å². The number of carboxylic acids is 1. The quantitative estimate of drug-likeness (QED) is 0.358. The van der Waals surface area contributed by atoms with Crippen LogP contribution in [0.3, 0.4) is 0 Å². The van der Waals surface area contributed by atoms with Crippen molar-refractivity contribution in [1.82, 2.24) is 9.78 Å². The Balaban J connectivity index is 1.66. The minimum Gasteiger partial charge on any atom is -0.478 e. The summed E-state index contributed by atoms with van der Waals surface area (Å²) < 4.78 is 7.91. The average Bonchev–Trinajstić information content (AvgIpc) is 3.22. The second-order valence-electron chi connectivity index (χ2n) is 8.52. The molecule has 170 valence electrons. The summed E-state index contributed by atoms with van der Waals surface area (Å²) in [5, 5.41) is 18.7. The first-order chi connectivity index (χ1) is 16.3. The number of nitrogens with one attached hydrogen (secondary N) is 1. The lowest BCUT2D eigenvalue weighted by Crippen LogP contribution is -2.13. The van der Waals surface area contributed by atoms with Crippen LogP contribution in [0.2, 0.25) is 0 Å². The maximum absolute atomic E-state index is 13.1. The minimum absolute atomic E-state index is 0.171. The van der Waals surface area contributed by atoms with E-state index in [1.807, 2.05) is 45.0 Å². The molecule has 3 aromatic carbocycles. The van der Waals surface area contributed by atoms with Crippen molar-refractivity contribution in [3.8, 4) is 5.88 Å². The fourth-order valence-electron chi connectivity index (χ4n) is 4.28. The number of hydrogen-bond donors (Lipinski definition) is 2. The summed E-state index contributed by atoms with van der Waals surface area (Å²) in [6.07, 6.45) is 1.75. The molecule has 0 bridgehead atoms. The van der Waals surface area contributed by atoms with Gasteiger partial charge in [0.2, 0.25) is 5.88 Å². The van der Waals surface area contributed by atoms with Gasteiger partial charge in [-0.15, -0.1) is 0 Å². The molecule has 5 aromatic rings. The number of fused-ring (bicyclic) bond motifs is 2. The molecular weight excluding hydrogens is 430 g/mol. The van der Waals surface area contributed by atoms with Crippen LogP contribution in [0.25, 0.3) is 27.8 Å². The van der Waals surface area contributed by atoms with Crippen molar-refractivity contribution in [2.24, 2.45) is 0 Å². The second-order valence-corrected chi connectivity index (χ2v) is 8.52. The van der Waals surface area contributed by atoms with Crippen molar-refractivity contribution in [2.75, 3.05) is 5.32 Å². The lowest BCUT2D eigenvalue weighted by molar-refractivity contribution is 0.0698. The highest BCUT2D eigenvalue weighted by atomic mass is 16.4. The van der Waals surface area contributed by atoms with E-state index < -0.39 is 5.97 Å². The molecule has 0 fully saturated rings. The van der Waals surface area contributed by atoms with Gasteiger partial charge in [-0.1, -0.05) is 29.8 Å². The maximum Gasteiger partial charge on any atom is 0.337 e. The highest BCUT2D eigenvalue weighted by molar-refractivity contribution is 5.94. The number of aryl methyl sites for hydroxylation is 2. The molecule has 7 nitrogen and oxygen atoms in total. The molecule has 0 aliphatic rings. The normalized spacial score (nSPS) is 12.2. The van der Waals surface area contributed by atoms with Crippen LogP contribution in [0.4, 0.5) is 5.69 Å². The molecule has 0 amide bonds. The third-order valence-electron chi connectivity index (χ3n) is 5.92. The summed E-state index contributed by atoms with van der Waals surface area (Å²) >= 11 is 0. The fourth-order valence-corrected chi connectivity index (χ4v) is 4.28. The molecule has 0 aliphatic heterocycles. The van der Waals surface area contributed by atoms with Crippen molar-refractivity contribution >= 4 is 33.5 Å². The van der Waals surface area contributed by atoms with Crippen molar-refractivity contribution in [3.05, 3.63) is 99.3 Å². The summed E-state index contributed by atoms with van der Waals surface area (Å²) in [5.74, 6) is -0.696. The van der Waals surface area contributed by atoms with E-state index in [0.29, 0.717) is 22.5 Å². The number of anilines is 1. The lowest BCUT2D eigenvalue weighted by atomic mass is 10.0. The maximum atomic E-state index is 13.1. The van der Waals surface area contributed by atoms with E-state index in [2.05, 4.69) is 10.4 Å². The summed E-state index contributed by atoms with van der Waals surface area (Å²) in [7, 11) is 0. The number of hydrogen-bond acceptors (Lipinski definition) is 5. The molecule has 5 rings (SSSR count). The van der Waals surface area contributed by atoms with Crippen LogP contribution in [-0.2, 0) is 0 Å². The van der Waals surface area contributed by atoms with Crippen LogP contribution < -0.4 is 10.7 Å². The van der Waals surface area contributed by atoms with Crippen LogP contribution >= 0.6 is 0 Å². The molecule has 0 radical (unpaired) electrons. The number of rotatable bonds is 5. The van der Waals surface area contributed by atoms with Crippen LogP contribution in [0, 0.1) is 13.8 Å². The summed E-state index contributed by atoms with van der Waals surface area (Å²) in [4.78, 5) is 24.8. The standard InChI is InChI=1S/C27H23N3O4/c1-15-8-9-23-18(10-15)14-28-30(23)25-13-24(31)21-12-16(2)11-20(26(21)34-25)17(3)29-22-7-5-4-6-19(22)27(32)33/h4-14,17,29H,1-3H3,(H,32,33). The molecule has 0 aliphatic carbocycles. The average molecular weight is 453 g/mol. The Kier molecular flexibility index (Phi) is 5.17. The van der Waals surface area contributed by atoms with E-state index in [1.54, 1.807) is 41.2 Å². The van der Waals surface area contributed by atoms with E-state index in [0.717, 1.165) is 27.6 Å². The molecule has 0 saturated heterocycles. The number of para-hydroxylation sites is 1. The molecular formula is C27H23N3O4. The number of benzene rings is 3. The van der Waals surface area contributed by atoms with Gasteiger partial charge in [0.25, 0.3) is 0 Å². The number of aromatic nitrogens is 2. The van der Waals surface area contributed by atoms with E-state index in [1.165, 1.54) is 6.07 Å². The minimum atomic E-state index is -1.01. The molecule has 0 spiro atoms. The highest BCUT2D eigenvalue weighted by Crippen LogP contribution is 2.30. The SMILES string of the molecule is Cc1ccc2c(cnn2-c2cc(=O)c3cc(C)cc(C(C)Nc4ccccc4C(=O)O)c3o2)c1. The van der Waals surface area contributed by atoms with Crippen molar-refractivity contribution in [2.45, 2.75) is 26.8 Å². The summed E-state index contributed by atoms with van der Waals surface area (Å²) in [5.41, 5.74) is 4.54. The Labute approximate surface area is 195 Å². The van der Waals surface area contributed by atoms with Gasteiger partial charge in [-0.05, 0) is 56.7 Å². The fraction of sp³-hybridized carbons (Fsp3) is 0.148. The van der Waals surface area contributed by atoms with Gasteiger partial charge in [-0.3, -0.25) is 4.79 Å². The Hall–Kier alpha value is -4.39. The van der Waals surface area contributed by atoms with Gasteiger partial charge in [0.15, 0.2) is 5.43 Å². The second kappa shape index (κ2) is 8.19. The predicted octanol–water partition coefficient (Wildman–Crippen LogP) is 5.62. The van der Waals surface area contributed by atoms with Crippen molar-refractivity contribution < 1.29 is 14.3 Å². The highest BCUT2D eigenvalue weighted by Gasteiger charge is 2.19. The zero-order valence-corrected chi connectivity index (χ0v) is 19.0. The Bertz CT molecular complexity index is 1630. The van der Waals surface area contributed by atoms with E-state index in [4.69, 9.17) is 4.42 Å². The first-order valence-corrected chi connectivity index (χ1v) is 10.9. The number of aromatic carboxylic acids is 1. The molecule has 2 N–H and O–H groups in total. The van der Waals surface area contributed by atoms with Gasteiger partial charge in [0.1, 0.15) is 5.58 Å². The van der Waals surface area contributed by atoms with Gasteiger partial charge in [-0.25, -0.2) is 4.79 Å². The number of nitrogens with zero attached hydrogens (tertiary/aromatic N) is 2. The Morgan fingerprint density at radius 2 is 1.85 bits per heavy atom. The van der Waals surface area contributed by atoms with Gasteiger partial charge in [0, 0.05) is 22.7 Å². The summed E-state index contributed by atoms with van der Waals surface area (Å²) in [6, 6.07) is 17.6. The Morgan fingerprint density at radius 3 is 2.65 bits per heavy atom. The monoisotopic (exact) mass is 453 g/mol. The zero-order valence-electron chi connectivity index (χ0n) is 19.0. The molecule has 2 aromatic heterocycles.